The van der Waals surface area contributed by atoms with Gasteiger partial charge in [-0.15, -0.1) is 0 Å². The smallest absolute Gasteiger partial charge is 0.317 e. The number of hydrogen-bond donors (Lipinski definition) is 1. The maximum Gasteiger partial charge on any atom is 0.317 e. The maximum absolute atomic E-state index is 12.6. The Kier molecular flexibility index (Phi) is 5.84. The van der Waals surface area contributed by atoms with Crippen LogP contribution >= 0.6 is 0 Å². The SMILES string of the molecule is CC1CN(C(C)(C)CNC(=O)N(CC(F)F)C2CC2)CC(C)O1. The van der Waals surface area contributed by atoms with Gasteiger partial charge >= 0.3 is 6.03 Å². The van der Waals surface area contributed by atoms with E-state index < -0.39 is 13.0 Å². The highest BCUT2D eigenvalue weighted by molar-refractivity contribution is 5.75. The highest BCUT2D eigenvalue weighted by atomic mass is 19.3. The number of halogens is 2. The van der Waals surface area contributed by atoms with E-state index in [1.54, 1.807) is 0 Å². The molecule has 0 aromatic carbocycles. The molecule has 2 fully saturated rings. The van der Waals surface area contributed by atoms with Gasteiger partial charge in [-0.3, -0.25) is 4.90 Å². The first-order chi connectivity index (χ1) is 10.7. The van der Waals surface area contributed by atoms with Gasteiger partial charge in [0.2, 0.25) is 0 Å². The summed E-state index contributed by atoms with van der Waals surface area (Å²) >= 11 is 0. The Morgan fingerprint density at radius 3 is 2.35 bits per heavy atom. The van der Waals surface area contributed by atoms with Gasteiger partial charge in [0.05, 0.1) is 18.8 Å². The normalized spacial score (nSPS) is 26.4. The van der Waals surface area contributed by atoms with Crippen LogP contribution in [0.4, 0.5) is 13.6 Å². The highest BCUT2D eigenvalue weighted by Crippen LogP contribution is 2.27. The number of urea groups is 1. The third kappa shape index (κ3) is 5.28. The first-order valence-electron chi connectivity index (χ1n) is 8.42. The monoisotopic (exact) mass is 333 g/mol. The molecule has 1 aliphatic heterocycles. The molecular formula is C16H29F2N3O2. The summed E-state index contributed by atoms with van der Waals surface area (Å²) in [6.45, 7) is 9.75. The van der Waals surface area contributed by atoms with Crippen LogP contribution < -0.4 is 5.32 Å². The summed E-state index contributed by atoms with van der Waals surface area (Å²) in [5.74, 6) is 0. The molecule has 1 saturated heterocycles. The zero-order valence-electron chi connectivity index (χ0n) is 14.5. The molecule has 7 heteroatoms. The van der Waals surface area contributed by atoms with E-state index in [2.05, 4.69) is 24.1 Å². The Hall–Kier alpha value is -0.950. The number of hydrogen-bond acceptors (Lipinski definition) is 3. The van der Waals surface area contributed by atoms with Gasteiger partial charge in [-0.1, -0.05) is 0 Å². The molecule has 23 heavy (non-hydrogen) atoms. The van der Waals surface area contributed by atoms with E-state index in [0.29, 0.717) is 6.54 Å². The van der Waals surface area contributed by atoms with E-state index in [0.717, 1.165) is 25.9 Å². The second-order valence-electron chi connectivity index (χ2n) is 7.41. The number of amides is 2. The van der Waals surface area contributed by atoms with Crippen molar-refractivity contribution in [1.29, 1.82) is 0 Å². The fourth-order valence-electron chi connectivity index (χ4n) is 3.11. The molecule has 0 spiro atoms. The number of alkyl halides is 2. The zero-order valence-corrected chi connectivity index (χ0v) is 14.5. The van der Waals surface area contributed by atoms with Gasteiger partial charge in [0.25, 0.3) is 6.43 Å². The Morgan fingerprint density at radius 1 is 1.30 bits per heavy atom. The first kappa shape index (κ1) is 18.4. The van der Waals surface area contributed by atoms with E-state index in [9.17, 15) is 13.6 Å². The van der Waals surface area contributed by atoms with Gasteiger partial charge in [-0.2, -0.15) is 0 Å². The van der Waals surface area contributed by atoms with E-state index in [4.69, 9.17) is 4.74 Å². The molecule has 2 amide bonds. The number of carbonyl (C=O) groups is 1. The van der Waals surface area contributed by atoms with Crippen LogP contribution in [0.5, 0.6) is 0 Å². The maximum atomic E-state index is 12.6. The molecule has 5 nitrogen and oxygen atoms in total. The van der Waals surface area contributed by atoms with E-state index in [1.807, 2.05) is 13.8 Å². The first-order valence-corrected chi connectivity index (χ1v) is 8.42. The molecule has 0 bridgehead atoms. The molecule has 1 N–H and O–H groups in total. The van der Waals surface area contributed by atoms with Gasteiger partial charge in [-0.25, -0.2) is 13.6 Å². The molecule has 0 radical (unpaired) electrons. The molecule has 134 valence electrons. The van der Waals surface area contributed by atoms with Crippen LogP contribution in [0.25, 0.3) is 0 Å². The van der Waals surface area contributed by atoms with Crippen molar-refractivity contribution in [2.45, 2.75) is 70.8 Å². The van der Waals surface area contributed by atoms with Crippen LogP contribution in [0.3, 0.4) is 0 Å². The van der Waals surface area contributed by atoms with E-state index in [-0.39, 0.29) is 29.8 Å². The number of morpholine rings is 1. The summed E-state index contributed by atoms with van der Waals surface area (Å²) in [6.07, 6.45) is -0.550. The molecule has 2 atom stereocenters. The van der Waals surface area contributed by atoms with Gasteiger partial charge in [-0.05, 0) is 40.5 Å². The number of rotatable bonds is 6. The summed E-state index contributed by atoms with van der Waals surface area (Å²) in [5.41, 5.74) is -0.248. The third-order valence-corrected chi connectivity index (χ3v) is 4.53. The van der Waals surface area contributed by atoms with Crippen LogP contribution in [-0.4, -0.2) is 72.2 Å². The number of ether oxygens (including phenoxy) is 1. The van der Waals surface area contributed by atoms with Crippen molar-refractivity contribution in [3.05, 3.63) is 0 Å². The summed E-state index contributed by atoms with van der Waals surface area (Å²) in [4.78, 5) is 15.8. The van der Waals surface area contributed by atoms with E-state index in [1.165, 1.54) is 4.90 Å². The quantitative estimate of drug-likeness (QED) is 0.811. The van der Waals surface area contributed by atoms with Crippen LogP contribution in [0.2, 0.25) is 0 Å². The molecule has 0 aromatic heterocycles. The predicted octanol–water partition coefficient (Wildman–Crippen LogP) is 2.31. The molecule has 1 heterocycles. The van der Waals surface area contributed by atoms with Crippen molar-refractivity contribution >= 4 is 6.03 Å². The molecule has 0 aromatic rings. The van der Waals surface area contributed by atoms with E-state index >= 15 is 0 Å². The Labute approximate surface area is 137 Å². The van der Waals surface area contributed by atoms with Gasteiger partial charge in [0.15, 0.2) is 0 Å². The van der Waals surface area contributed by atoms with Crippen molar-refractivity contribution in [3.63, 3.8) is 0 Å². The fourth-order valence-corrected chi connectivity index (χ4v) is 3.11. The molecule has 1 saturated carbocycles. The van der Waals surface area contributed by atoms with Gasteiger partial charge < -0.3 is 15.0 Å². The standard InChI is InChI=1S/C16H29F2N3O2/c1-11-7-20(8-12(2)23-11)16(3,4)10-19-15(22)21(9-14(17)18)13-5-6-13/h11-14H,5-10H2,1-4H3,(H,19,22). The molecule has 2 aliphatic rings. The zero-order chi connectivity index (χ0) is 17.2. The second kappa shape index (κ2) is 7.30. The minimum atomic E-state index is -2.49. The lowest BCUT2D eigenvalue weighted by molar-refractivity contribution is -0.0949. The largest absolute Gasteiger partial charge is 0.373 e. The summed E-state index contributed by atoms with van der Waals surface area (Å²) in [5, 5.41) is 2.85. The summed E-state index contributed by atoms with van der Waals surface area (Å²) in [7, 11) is 0. The highest BCUT2D eigenvalue weighted by Gasteiger charge is 2.37. The van der Waals surface area contributed by atoms with Crippen LogP contribution in [0, 0.1) is 0 Å². The van der Waals surface area contributed by atoms with Crippen LogP contribution in [-0.2, 0) is 4.74 Å². The Bertz CT molecular complexity index is 406. The van der Waals surface area contributed by atoms with Crippen molar-refractivity contribution in [3.8, 4) is 0 Å². The average molecular weight is 333 g/mol. The molecule has 2 unspecified atom stereocenters. The molecule has 1 aliphatic carbocycles. The summed E-state index contributed by atoms with van der Waals surface area (Å²) < 4.78 is 31.0. The van der Waals surface area contributed by atoms with Crippen molar-refractivity contribution < 1.29 is 18.3 Å². The lowest BCUT2D eigenvalue weighted by atomic mass is 10.00. The van der Waals surface area contributed by atoms with Gasteiger partial charge in [0, 0.05) is 31.2 Å². The second-order valence-corrected chi connectivity index (χ2v) is 7.41. The van der Waals surface area contributed by atoms with Crippen LogP contribution in [0.1, 0.15) is 40.5 Å². The Balaban J connectivity index is 1.88. The number of nitrogens with one attached hydrogen (secondary N) is 1. The molecule has 2 rings (SSSR count). The van der Waals surface area contributed by atoms with Crippen molar-refractivity contribution in [2.75, 3.05) is 26.2 Å². The predicted molar refractivity (Wildman–Crippen MR) is 84.8 cm³/mol. The van der Waals surface area contributed by atoms with Crippen molar-refractivity contribution in [1.82, 2.24) is 15.1 Å². The average Bonchev–Trinajstić information content (AvgIpc) is 3.25. The lowest BCUT2D eigenvalue weighted by Crippen LogP contribution is -2.59. The van der Waals surface area contributed by atoms with Crippen LogP contribution in [0.15, 0.2) is 0 Å². The van der Waals surface area contributed by atoms with Gasteiger partial charge in [0.1, 0.15) is 0 Å². The summed E-state index contributed by atoms with van der Waals surface area (Å²) in [6, 6.07) is -0.397. The minimum Gasteiger partial charge on any atom is -0.373 e. The fraction of sp³-hybridized carbons (Fsp3) is 0.938. The minimum absolute atomic E-state index is 0.0180. The topological polar surface area (TPSA) is 44.8 Å². The number of carbonyl (C=O) groups excluding carboxylic acids is 1. The molecular weight excluding hydrogens is 304 g/mol. The lowest BCUT2D eigenvalue weighted by Gasteiger charge is -2.45. The number of nitrogens with zero attached hydrogens (tertiary/aromatic N) is 2. The Morgan fingerprint density at radius 2 is 1.87 bits per heavy atom. The third-order valence-electron chi connectivity index (χ3n) is 4.53. The van der Waals surface area contributed by atoms with Crippen molar-refractivity contribution in [2.24, 2.45) is 0 Å².